The van der Waals surface area contributed by atoms with Crippen LogP contribution in [0.15, 0.2) is 42.5 Å². The van der Waals surface area contributed by atoms with Crippen LogP contribution >= 0.6 is 11.6 Å². The Bertz CT molecular complexity index is 854. The van der Waals surface area contributed by atoms with Crippen LogP contribution in [0.5, 0.6) is 5.75 Å². The van der Waals surface area contributed by atoms with Gasteiger partial charge in [-0.15, -0.1) is 0 Å². The second kappa shape index (κ2) is 9.59. The zero-order chi connectivity index (χ0) is 19.8. The maximum Gasteiger partial charge on any atom is 0.325 e. The molecule has 0 aliphatic carbocycles. The molecule has 0 aromatic heterocycles. The number of rotatable bonds is 7. The zero-order valence-electron chi connectivity index (χ0n) is 14.9. The number of esters is 1. The van der Waals surface area contributed by atoms with Gasteiger partial charge < -0.3 is 20.1 Å². The first kappa shape index (κ1) is 20.3. The van der Waals surface area contributed by atoms with Crippen LogP contribution in [-0.4, -0.2) is 38.0 Å². The van der Waals surface area contributed by atoms with Crippen LogP contribution in [-0.2, 0) is 14.3 Å². The van der Waals surface area contributed by atoms with E-state index in [1.165, 1.54) is 7.11 Å². The summed E-state index contributed by atoms with van der Waals surface area (Å²) >= 11 is 5.98. The molecule has 7 nitrogen and oxygen atoms in total. The van der Waals surface area contributed by atoms with E-state index in [2.05, 4.69) is 10.6 Å². The molecule has 2 aromatic carbocycles. The summed E-state index contributed by atoms with van der Waals surface area (Å²) in [6.45, 7) is 0.990. The highest BCUT2D eigenvalue weighted by Crippen LogP contribution is 2.20. The second-order valence-corrected chi connectivity index (χ2v) is 5.96. The standard InChI is InChI=1S/C19H19ClN2O5/c1-12-7-8-13(9-15(12)20)22-17(23)11-27-18(24)10-21-19(25)14-5-3-4-6-16(14)26-2/h3-9H,10-11H2,1-2H3,(H,21,25)(H,22,23). The lowest BCUT2D eigenvalue weighted by molar-refractivity contribution is -0.146. The van der Waals surface area contributed by atoms with E-state index in [9.17, 15) is 14.4 Å². The summed E-state index contributed by atoms with van der Waals surface area (Å²) in [5.74, 6) is -1.35. The number of hydrogen-bond donors (Lipinski definition) is 2. The van der Waals surface area contributed by atoms with Crippen molar-refractivity contribution in [3.05, 3.63) is 58.6 Å². The first-order valence-corrected chi connectivity index (χ1v) is 8.41. The lowest BCUT2D eigenvalue weighted by Gasteiger charge is -2.10. The Kier molecular flexibility index (Phi) is 7.19. The highest BCUT2D eigenvalue weighted by molar-refractivity contribution is 6.31. The number of aryl methyl sites for hydroxylation is 1. The number of amides is 2. The van der Waals surface area contributed by atoms with Gasteiger partial charge in [0.2, 0.25) is 0 Å². The van der Waals surface area contributed by atoms with Crippen LogP contribution in [0.1, 0.15) is 15.9 Å². The molecule has 2 rings (SSSR count). The summed E-state index contributed by atoms with van der Waals surface area (Å²) in [6, 6.07) is 11.7. The van der Waals surface area contributed by atoms with Gasteiger partial charge in [-0.25, -0.2) is 0 Å². The first-order valence-electron chi connectivity index (χ1n) is 8.03. The summed E-state index contributed by atoms with van der Waals surface area (Å²) < 4.78 is 9.93. The molecule has 2 aromatic rings. The molecule has 0 radical (unpaired) electrons. The minimum Gasteiger partial charge on any atom is -0.496 e. The van der Waals surface area contributed by atoms with Crippen LogP contribution in [0.4, 0.5) is 5.69 Å². The number of anilines is 1. The molecule has 0 unspecified atom stereocenters. The van der Waals surface area contributed by atoms with E-state index in [0.717, 1.165) is 5.56 Å². The van der Waals surface area contributed by atoms with Gasteiger partial charge in [0.1, 0.15) is 12.3 Å². The van der Waals surface area contributed by atoms with E-state index in [0.29, 0.717) is 22.0 Å². The first-order chi connectivity index (χ1) is 12.9. The fourth-order valence-electron chi connectivity index (χ4n) is 2.14. The smallest absolute Gasteiger partial charge is 0.325 e. The van der Waals surface area contributed by atoms with E-state index in [1.54, 1.807) is 42.5 Å². The number of ether oxygens (including phenoxy) is 2. The number of para-hydroxylation sites is 1. The molecule has 0 aliphatic rings. The van der Waals surface area contributed by atoms with E-state index in [1.807, 2.05) is 6.92 Å². The molecule has 27 heavy (non-hydrogen) atoms. The minimum atomic E-state index is -0.740. The molecule has 2 amide bonds. The molecule has 0 heterocycles. The topological polar surface area (TPSA) is 93.7 Å². The van der Waals surface area contributed by atoms with Crippen molar-refractivity contribution < 1.29 is 23.9 Å². The maximum absolute atomic E-state index is 12.1. The average Bonchev–Trinajstić information content (AvgIpc) is 2.67. The van der Waals surface area contributed by atoms with Crippen LogP contribution in [0.25, 0.3) is 0 Å². The quantitative estimate of drug-likeness (QED) is 0.709. The average molecular weight is 391 g/mol. The molecule has 0 aliphatic heterocycles. The Morgan fingerprint density at radius 3 is 2.56 bits per heavy atom. The summed E-state index contributed by atoms with van der Waals surface area (Å²) in [7, 11) is 1.44. The van der Waals surface area contributed by atoms with Crippen molar-refractivity contribution in [3.8, 4) is 5.75 Å². The lowest BCUT2D eigenvalue weighted by atomic mass is 10.2. The molecular formula is C19H19ClN2O5. The van der Waals surface area contributed by atoms with Gasteiger partial charge in [-0.1, -0.05) is 29.8 Å². The summed E-state index contributed by atoms with van der Waals surface area (Å²) in [6.07, 6.45) is 0. The zero-order valence-corrected chi connectivity index (χ0v) is 15.6. The van der Waals surface area contributed by atoms with Crippen molar-refractivity contribution in [2.45, 2.75) is 6.92 Å². The molecule has 0 bridgehead atoms. The normalized spacial score (nSPS) is 10.0. The summed E-state index contributed by atoms with van der Waals surface area (Å²) in [4.78, 5) is 35.6. The van der Waals surface area contributed by atoms with E-state index < -0.39 is 24.4 Å². The van der Waals surface area contributed by atoms with Crippen LogP contribution < -0.4 is 15.4 Å². The Labute approximate surface area is 161 Å². The number of methoxy groups -OCH3 is 1. The number of hydrogen-bond acceptors (Lipinski definition) is 5. The van der Waals surface area contributed by atoms with Crippen LogP contribution in [0.3, 0.4) is 0 Å². The van der Waals surface area contributed by atoms with Gasteiger partial charge in [-0.2, -0.15) is 0 Å². The third kappa shape index (κ3) is 6.00. The number of carbonyl (C=O) groups is 3. The van der Waals surface area contributed by atoms with E-state index >= 15 is 0 Å². The number of nitrogens with one attached hydrogen (secondary N) is 2. The maximum atomic E-state index is 12.1. The molecule has 0 saturated carbocycles. The number of carbonyl (C=O) groups excluding carboxylic acids is 3. The van der Waals surface area contributed by atoms with Gasteiger partial charge in [0, 0.05) is 10.7 Å². The largest absolute Gasteiger partial charge is 0.496 e. The Morgan fingerprint density at radius 2 is 1.85 bits per heavy atom. The van der Waals surface area contributed by atoms with E-state index in [-0.39, 0.29) is 6.54 Å². The molecule has 8 heteroatoms. The van der Waals surface area contributed by atoms with Crippen LogP contribution in [0.2, 0.25) is 5.02 Å². The van der Waals surface area contributed by atoms with Crippen molar-refractivity contribution in [1.82, 2.24) is 5.32 Å². The highest BCUT2D eigenvalue weighted by Gasteiger charge is 2.14. The molecule has 2 N–H and O–H groups in total. The fraction of sp³-hybridized carbons (Fsp3) is 0.211. The lowest BCUT2D eigenvalue weighted by Crippen LogP contribution is -2.32. The number of halogens is 1. The van der Waals surface area contributed by atoms with Gasteiger partial charge in [-0.05, 0) is 36.8 Å². The van der Waals surface area contributed by atoms with Gasteiger partial charge in [0.15, 0.2) is 6.61 Å². The number of benzene rings is 2. The molecule has 0 saturated heterocycles. The molecule has 0 fully saturated rings. The predicted molar refractivity (Wildman–Crippen MR) is 101 cm³/mol. The van der Waals surface area contributed by atoms with Gasteiger partial charge in [0.05, 0.1) is 12.7 Å². The van der Waals surface area contributed by atoms with Crippen LogP contribution in [0, 0.1) is 6.92 Å². The third-order valence-electron chi connectivity index (χ3n) is 3.56. The molecular weight excluding hydrogens is 372 g/mol. The Morgan fingerprint density at radius 1 is 1.11 bits per heavy atom. The summed E-state index contributed by atoms with van der Waals surface area (Å²) in [5, 5.41) is 5.50. The summed E-state index contributed by atoms with van der Waals surface area (Å²) in [5.41, 5.74) is 1.67. The van der Waals surface area contributed by atoms with Crippen molar-refractivity contribution in [2.24, 2.45) is 0 Å². The van der Waals surface area contributed by atoms with Crippen molar-refractivity contribution in [2.75, 3.05) is 25.6 Å². The second-order valence-electron chi connectivity index (χ2n) is 5.56. The van der Waals surface area contributed by atoms with Crippen molar-refractivity contribution in [1.29, 1.82) is 0 Å². The molecule has 0 spiro atoms. The van der Waals surface area contributed by atoms with Gasteiger partial charge in [-0.3, -0.25) is 14.4 Å². The minimum absolute atomic E-state index is 0.293. The monoisotopic (exact) mass is 390 g/mol. The highest BCUT2D eigenvalue weighted by atomic mass is 35.5. The predicted octanol–water partition coefficient (Wildman–Crippen LogP) is 2.57. The van der Waals surface area contributed by atoms with Gasteiger partial charge >= 0.3 is 5.97 Å². The molecule has 0 atom stereocenters. The Balaban J connectivity index is 1.77. The Hall–Kier alpha value is -3.06. The van der Waals surface area contributed by atoms with E-state index in [4.69, 9.17) is 21.1 Å². The van der Waals surface area contributed by atoms with Gasteiger partial charge in [0.25, 0.3) is 11.8 Å². The van der Waals surface area contributed by atoms with Crippen molar-refractivity contribution in [3.63, 3.8) is 0 Å². The fourth-order valence-corrected chi connectivity index (χ4v) is 2.33. The SMILES string of the molecule is COc1ccccc1C(=O)NCC(=O)OCC(=O)Nc1ccc(C)c(Cl)c1. The molecule has 142 valence electrons. The van der Waals surface area contributed by atoms with Crippen molar-refractivity contribution >= 4 is 35.1 Å². The third-order valence-corrected chi connectivity index (χ3v) is 3.97.